The van der Waals surface area contributed by atoms with Gasteiger partial charge in [0.15, 0.2) is 0 Å². The lowest BCUT2D eigenvalue weighted by atomic mass is 10.2. The molecule has 0 aliphatic carbocycles. The highest BCUT2D eigenvalue weighted by molar-refractivity contribution is 5.84. The van der Waals surface area contributed by atoms with Crippen LogP contribution in [0.25, 0.3) is 0 Å². The fourth-order valence-corrected chi connectivity index (χ4v) is 1.24. The maximum absolute atomic E-state index is 11.8. The van der Waals surface area contributed by atoms with Crippen molar-refractivity contribution in [3.05, 3.63) is 0 Å². The molecule has 0 bridgehead atoms. The molecule has 0 radical (unpaired) electrons. The summed E-state index contributed by atoms with van der Waals surface area (Å²) in [5.41, 5.74) is 0. The van der Waals surface area contributed by atoms with E-state index in [1.807, 2.05) is 13.8 Å². The molecule has 3 atom stereocenters. The number of carbonyl (C=O) groups is 3. The molecule has 0 aliphatic heterocycles. The summed E-state index contributed by atoms with van der Waals surface area (Å²) in [5, 5.41) is 0. The molecule has 6 nitrogen and oxygen atoms in total. The van der Waals surface area contributed by atoms with Crippen molar-refractivity contribution in [3.63, 3.8) is 0 Å². The van der Waals surface area contributed by atoms with Gasteiger partial charge in [0.2, 0.25) is 6.10 Å². The van der Waals surface area contributed by atoms with Gasteiger partial charge in [-0.1, -0.05) is 13.8 Å². The highest BCUT2D eigenvalue weighted by Gasteiger charge is 2.28. The van der Waals surface area contributed by atoms with Crippen LogP contribution in [0.5, 0.6) is 0 Å². The minimum absolute atomic E-state index is 0.244. The summed E-state index contributed by atoms with van der Waals surface area (Å²) in [4.78, 5) is 34.5. The molecule has 0 aromatic rings. The van der Waals surface area contributed by atoms with E-state index in [1.165, 1.54) is 6.92 Å². The lowest BCUT2D eigenvalue weighted by Crippen LogP contribution is -2.34. The second-order valence-corrected chi connectivity index (χ2v) is 4.67. The highest BCUT2D eigenvalue weighted by atomic mass is 16.6. The molecule has 20 heavy (non-hydrogen) atoms. The fourth-order valence-electron chi connectivity index (χ4n) is 1.24. The Kier molecular flexibility index (Phi) is 8.59. The number of hydrogen-bond donors (Lipinski definition) is 0. The maximum atomic E-state index is 11.8. The molecule has 6 heteroatoms. The quantitative estimate of drug-likeness (QED) is 0.502. The van der Waals surface area contributed by atoms with Gasteiger partial charge in [-0.2, -0.15) is 0 Å². The maximum Gasteiger partial charge on any atom is 0.348 e. The summed E-state index contributed by atoms with van der Waals surface area (Å²) >= 11 is 0. The average molecular weight is 288 g/mol. The van der Waals surface area contributed by atoms with E-state index in [9.17, 15) is 14.4 Å². The van der Waals surface area contributed by atoms with Crippen LogP contribution in [0.15, 0.2) is 0 Å². The summed E-state index contributed by atoms with van der Waals surface area (Å²) in [6.07, 6.45) is -0.827. The van der Waals surface area contributed by atoms with E-state index >= 15 is 0 Å². The molecule has 116 valence electrons. The summed E-state index contributed by atoms with van der Waals surface area (Å²) in [6, 6.07) is 0. The van der Waals surface area contributed by atoms with Crippen LogP contribution < -0.4 is 0 Å². The minimum Gasteiger partial charge on any atom is -0.463 e. The normalized spacial score (nSPS) is 14.8. The van der Waals surface area contributed by atoms with Gasteiger partial charge in [-0.25, -0.2) is 4.79 Å². The first-order valence-electron chi connectivity index (χ1n) is 6.87. The van der Waals surface area contributed by atoms with E-state index < -0.39 is 24.0 Å². The molecule has 0 aromatic carbocycles. The van der Waals surface area contributed by atoms with Crippen LogP contribution in [-0.2, 0) is 28.6 Å². The molecule has 0 rings (SSSR count). The third-order valence-electron chi connectivity index (χ3n) is 2.72. The number of ether oxygens (including phenoxy) is 3. The predicted octanol–water partition coefficient (Wildman–Crippen LogP) is 1.99. The van der Waals surface area contributed by atoms with E-state index in [0.29, 0.717) is 12.8 Å². The summed E-state index contributed by atoms with van der Waals surface area (Å²) < 4.78 is 15.0. The third kappa shape index (κ3) is 7.76. The SMILES string of the molecule is CCC(C)OC(=O)C[C@H](OC(C)=O)C(=O)OC(C)CC. The van der Waals surface area contributed by atoms with Gasteiger partial charge in [-0.15, -0.1) is 0 Å². The van der Waals surface area contributed by atoms with Crippen LogP contribution >= 0.6 is 0 Å². The van der Waals surface area contributed by atoms with Gasteiger partial charge in [0.25, 0.3) is 0 Å². The van der Waals surface area contributed by atoms with Gasteiger partial charge in [0.05, 0.1) is 18.6 Å². The molecule has 0 fully saturated rings. The van der Waals surface area contributed by atoms with E-state index in [-0.39, 0.29) is 18.6 Å². The Labute approximate surface area is 119 Å². The van der Waals surface area contributed by atoms with Gasteiger partial charge in [-0.3, -0.25) is 9.59 Å². The van der Waals surface area contributed by atoms with Crippen LogP contribution in [0, 0.1) is 0 Å². The Hall–Kier alpha value is -1.59. The molecule has 0 aliphatic rings. The third-order valence-corrected chi connectivity index (χ3v) is 2.72. The number of hydrogen-bond acceptors (Lipinski definition) is 6. The zero-order valence-electron chi connectivity index (χ0n) is 12.8. The van der Waals surface area contributed by atoms with Crippen molar-refractivity contribution < 1.29 is 28.6 Å². The van der Waals surface area contributed by atoms with Crippen LogP contribution in [0.4, 0.5) is 0 Å². The van der Waals surface area contributed by atoms with Gasteiger partial charge < -0.3 is 14.2 Å². The summed E-state index contributed by atoms with van der Waals surface area (Å²) in [7, 11) is 0. The first-order chi connectivity index (χ1) is 9.29. The van der Waals surface area contributed by atoms with Gasteiger partial charge in [0, 0.05) is 6.92 Å². The molecule has 0 N–H and O–H groups in total. The molecular weight excluding hydrogens is 264 g/mol. The molecule has 0 aromatic heterocycles. The zero-order valence-corrected chi connectivity index (χ0v) is 12.8. The Morgan fingerprint density at radius 3 is 1.85 bits per heavy atom. The summed E-state index contributed by atoms with van der Waals surface area (Å²) in [6.45, 7) is 8.37. The van der Waals surface area contributed by atoms with Crippen molar-refractivity contribution in [1.82, 2.24) is 0 Å². The zero-order chi connectivity index (χ0) is 15.7. The van der Waals surface area contributed by atoms with Crippen molar-refractivity contribution in [2.45, 2.75) is 72.2 Å². The van der Waals surface area contributed by atoms with E-state index in [4.69, 9.17) is 14.2 Å². The molecule has 0 saturated heterocycles. The van der Waals surface area contributed by atoms with Crippen LogP contribution in [0.3, 0.4) is 0 Å². The van der Waals surface area contributed by atoms with E-state index in [1.54, 1.807) is 13.8 Å². The van der Waals surface area contributed by atoms with Crippen molar-refractivity contribution >= 4 is 17.9 Å². The number of esters is 3. The average Bonchev–Trinajstić information content (AvgIpc) is 2.36. The molecule has 0 spiro atoms. The van der Waals surface area contributed by atoms with Gasteiger partial charge in [-0.05, 0) is 26.7 Å². The summed E-state index contributed by atoms with van der Waals surface area (Å²) in [5.74, 6) is -1.96. The van der Waals surface area contributed by atoms with Crippen molar-refractivity contribution in [2.75, 3.05) is 0 Å². The van der Waals surface area contributed by atoms with Crippen molar-refractivity contribution in [2.24, 2.45) is 0 Å². The smallest absolute Gasteiger partial charge is 0.348 e. The second kappa shape index (κ2) is 9.34. The molecular formula is C14H24O6. The largest absolute Gasteiger partial charge is 0.463 e. The molecule has 0 heterocycles. The highest BCUT2D eigenvalue weighted by Crippen LogP contribution is 2.09. The van der Waals surface area contributed by atoms with Crippen LogP contribution in [0.1, 0.15) is 53.9 Å². The first kappa shape index (κ1) is 18.4. The Morgan fingerprint density at radius 2 is 1.40 bits per heavy atom. The van der Waals surface area contributed by atoms with Crippen LogP contribution in [0.2, 0.25) is 0 Å². The Balaban J connectivity index is 4.59. The topological polar surface area (TPSA) is 78.9 Å². The van der Waals surface area contributed by atoms with Crippen molar-refractivity contribution in [1.29, 1.82) is 0 Å². The monoisotopic (exact) mass is 288 g/mol. The standard InChI is InChI=1S/C14H24O6/c1-6-9(3)18-13(16)8-12(20-11(5)15)14(17)19-10(4)7-2/h9-10,12H,6-8H2,1-5H3/t9?,10?,12-/m0/s1. The lowest BCUT2D eigenvalue weighted by Gasteiger charge is -2.19. The fraction of sp³-hybridized carbons (Fsp3) is 0.786. The Morgan fingerprint density at radius 1 is 0.900 bits per heavy atom. The van der Waals surface area contributed by atoms with Crippen LogP contribution in [-0.4, -0.2) is 36.2 Å². The first-order valence-corrected chi connectivity index (χ1v) is 6.87. The van der Waals surface area contributed by atoms with E-state index in [2.05, 4.69) is 0 Å². The predicted molar refractivity (Wildman–Crippen MR) is 71.9 cm³/mol. The van der Waals surface area contributed by atoms with Gasteiger partial charge >= 0.3 is 17.9 Å². The molecule has 2 unspecified atom stereocenters. The van der Waals surface area contributed by atoms with E-state index in [0.717, 1.165) is 0 Å². The number of rotatable bonds is 8. The lowest BCUT2D eigenvalue weighted by molar-refractivity contribution is -0.174. The Bertz CT molecular complexity index is 339. The molecule has 0 saturated carbocycles. The molecule has 0 amide bonds. The van der Waals surface area contributed by atoms with Crippen molar-refractivity contribution in [3.8, 4) is 0 Å². The second-order valence-electron chi connectivity index (χ2n) is 4.67. The minimum atomic E-state index is -1.25. The number of carbonyl (C=O) groups excluding carboxylic acids is 3. The van der Waals surface area contributed by atoms with Gasteiger partial charge in [0.1, 0.15) is 0 Å².